The van der Waals surface area contributed by atoms with Gasteiger partial charge in [-0.25, -0.2) is 0 Å². The summed E-state index contributed by atoms with van der Waals surface area (Å²) >= 11 is 0. The molecule has 37 heavy (non-hydrogen) atoms. The first-order valence-corrected chi connectivity index (χ1v) is 12.3. The van der Waals surface area contributed by atoms with E-state index < -0.39 is 0 Å². The van der Waals surface area contributed by atoms with Gasteiger partial charge in [-0.15, -0.1) is 0 Å². The molecule has 0 heterocycles. The molecule has 0 saturated carbocycles. The summed E-state index contributed by atoms with van der Waals surface area (Å²) in [5, 5.41) is 0. The summed E-state index contributed by atoms with van der Waals surface area (Å²) in [5.74, 6) is 5.96. The van der Waals surface area contributed by atoms with Gasteiger partial charge in [0.15, 0.2) is 0 Å². The Hall–Kier alpha value is -4.12. The van der Waals surface area contributed by atoms with Gasteiger partial charge in [-0.05, 0) is 139 Å². The minimum Gasteiger partial charge on any atom is -0.488 e. The van der Waals surface area contributed by atoms with Crippen molar-refractivity contribution in [1.29, 1.82) is 0 Å². The molecule has 0 bridgehead atoms. The minimum absolute atomic E-state index is 0.237. The van der Waals surface area contributed by atoms with Crippen molar-refractivity contribution >= 4 is 0 Å². The van der Waals surface area contributed by atoms with Gasteiger partial charge in [-0.2, -0.15) is 0 Å². The van der Waals surface area contributed by atoms with Gasteiger partial charge in [0, 0.05) is 0 Å². The van der Waals surface area contributed by atoms with Crippen molar-refractivity contribution in [2.45, 2.75) is 52.7 Å². The fraction of sp³-hybridized carbons (Fsp3) is 0.250. The van der Waals surface area contributed by atoms with Gasteiger partial charge in [0.2, 0.25) is 0 Å². The van der Waals surface area contributed by atoms with E-state index in [1.807, 2.05) is 139 Å². The van der Waals surface area contributed by atoms with Crippen LogP contribution < -0.4 is 23.7 Å². The summed E-state index contributed by atoms with van der Waals surface area (Å²) in [7, 11) is 0. The molecule has 0 atom stereocenters. The zero-order valence-corrected chi connectivity index (χ0v) is 22.3. The summed E-state index contributed by atoms with van der Waals surface area (Å²) in [6, 6.07) is 30.2. The first kappa shape index (κ1) is 26.0. The van der Waals surface area contributed by atoms with Crippen LogP contribution in [0.4, 0.5) is 0 Å². The van der Waals surface area contributed by atoms with Gasteiger partial charge in [-0.3, -0.25) is 0 Å². The molecule has 4 aromatic carbocycles. The van der Waals surface area contributed by atoms with Gasteiger partial charge in [0.25, 0.3) is 0 Å². The van der Waals surface area contributed by atoms with Gasteiger partial charge >= 0.3 is 0 Å². The SMILES string of the molecule is CC(C)(C)Oc1ccc(Oc2ccc(Oc3ccc(Oc4ccc(OC(C)(C)C)cc4)cc3)cc2)cc1. The van der Waals surface area contributed by atoms with Crippen LogP contribution >= 0.6 is 0 Å². The highest BCUT2D eigenvalue weighted by molar-refractivity contribution is 5.41. The summed E-state index contributed by atoms with van der Waals surface area (Å²) in [4.78, 5) is 0. The first-order chi connectivity index (χ1) is 17.5. The third-order valence-corrected chi connectivity index (χ3v) is 4.85. The molecule has 0 spiro atoms. The van der Waals surface area contributed by atoms with E-state index in [9.17, 15) is 0 Å². The highest BCUT2D eigenvalue weighted by Gasteiger charge is 2.12. The number of hydrogen-bond donors (Lipinski definition) is 0. The fourth-order valence-corrected chi connectivity index (χ4v) is 3.42. The van der Waals surface area contributed by atoms with Crippen LogP contribution in [0.15, 0.2) is 97.1 Å². The van der Waals surface area contributed by atoms with Crippen molar-refractivity contribution in [1.82, 2.24) is 0 Å². The van der Waals surface area contributed by atoms with Gasteiger partial charge in [0.1, 0.15) is 57.2 Å². The van der Waals surface area contributed by atoms with Crippen LogP contribution in [0, 0.1) is 0 Å². The second kappa shape index (κ2) is 10.9. The molecule has 0 amide bonds. The Morgan fingerprint density at radius 1 is 0.297 bits per heavy atom. The molecule has 0 unspecified atom stereocenters. The summed E-state index contributed by atoms with van der Waals surface area (Å²) in [6.07, 6.45) is 0. The zero-order valence-electron chi connectivity index (χ0n) is 22.3. The molecule has 0 N–H and O–H groups in total. The van der Waals surface area contributed by atoms with Crippen LogP contribution in [0.5, 0.6) is 46.0 Å². The molecule has 0 aromatic heterocycles. The highest BCUT2D eigenvalue weighted by Crippen LogP contribution is 2.31. The Balaban J connectivity index is 1.29. The van der Waals surface area contributed by atoms with E-state index in [0.29, 0.717) is 11.5 Å². The molecule has 0 aliphatic rings. The maximum atomic E-state index is 5.97. The Kier molecular flexibility index (Phi) is 7.63. The van der Waals surface area contributed by atoms with E-state index in [2.05, 4.69) is 0 Å². The second-order valence-electron chi connectivity index (χ2n) is 10.6. The molecule has 4 aromatic rings. The van der Waals surface area contributed by atoms with E-state index >= 15 is 0 Å². The smallest absolute Gasteiger partial charge is 0.127 e. The highest BCUT2D eigenvalue weighted by atomic mass is 16.5. The van der Waals surface area contributed by atoms with E-state index in [1.54, 1.807) is 0 Å². The number of hydrogen-bond acceptors (Lipinski definition) is 5. The number of benzene rings is 4. The van der Waals surface area contributed by atoms with Crippen molar-refractivity contribution in [3.63, 3.8) is 0 Å². The molecule has 0 fully saturated rings. The Bertz CT molecular complexity index is 1160. The summed E-state index contributed by atoms with van der Waals surface area (Å²) in [6.45, 7) is 12.1. The Labute approximate surface area is 219 Å². The lowest BCUT2D eigenvalue weighted by Gasteiger charge is -2.21. The average Bonchev–Trinajstić information content (AvgIpc) is 2.82. The van der Waals surface area contributed by atoms with Gasteiger partial charge in [0.05, 0.1) is 0 Å². The van der Waals surface area contributed by atoms with E-state index in [0.717, 1.165) is 34.5 Å². The van der Waals surface area contributed by atoms with E-state index in [1.165, 1.54) is 0 Å². The molecule has 4 rings (SSSR count). The molecular formula is C32H34O5. The molecule has 192 valence electrons. The van der Waals surface area contributed by atoms with Crippen molar-refractivity contribution in [2.75, 3.05) is 0 Å². The van der Waals surface area contributed by atoms with Crippen LogP contribution in [0.2, 0.25) is 0 Å². The van der Waals surface area contributed by atoms with Crippen molar-refractivity contribution < 1.29 is 23.7 Å². The lowest BCUT2D eigenvalue weighted by molar-refractivity contribution is 0.130. The molecule has 5 heteroatoms. The molecule has 0 saturated heterocycles. The van der Waals surface area contributed by atoms with Crippen LogP contribution in [-0.4, -0.2) is 11.2 Å². The maximum Gasteiger partial charge on any atom is 0.127 e. The molecular weight excluding hydrogens is 464 g/mol. The molecule has 0 radical (unpaired) electrons. The normalized spacial score (nSPS) is 11.5. The largest absolute Gasteiger partial charge is 0.488 e. The van der Waals surface area contributed by atoms with Gasteiger partial charge in [-0.1, -0.05) is 0 Å². The van der Waals surface area contributed by atoms with Crippen molar-refractivity contribution in [3.8, 4) is 46.0 Å². The van der Waals surface area contributed by atoms with Crippen LogP contribution in [0.3, 0.4) is 0 Å². The predicted molar refractivity (Wildman–Crippen MR) is 147 cm³/mol. The van der Waals surface area contributed by atoms with Crippen molar-refractivity contribution in [3.05, 3.63) is 97.1 Å². The molecule has 0 aliphatic carbocycles. The summed E-state index contributed by atoms with van der Waals surface area (Å²) in [5.41, 5.74) is -0.473. The molecule has 5 nitrogen and oxygen atoms in total. The van der Waals surface area contributed by atoms with Gasteiger partial charge < -0.3 is 23.7 Å². The lowest BCUT2D eigenvalue weighted by atomic mass is 10.2. The monoisotopic (exact) mass is 498 g/mol. The second-order valence-corrected chi connectivity index (χ2v) is 10.6. The molecule has 0 aliphatic heterocycles. The van der Waals surface area contributed by atoms with E-state index in [4.69, 9.17) is 23.7 Å². The van der Waals surface area contributed by atoms with Crippen LogP contribution in [-0.2, 0) is 0 Å². The maximum absolute atomic E-state index is 5.97. The Morgan fingerprint density at radius 3 is 0.622 bits per heavy atom. The zero-order chi connectivity index (χ0) is 26.5. The quantitative estimate of drug-likeness (QED) is 0.242. The average molecular weight is 499 g/mol. The first-order valence-electron chi connectivity index (χ1n) is 12.3. The third kappa shape index (κ3) is 8.50. The number of ether oxygens (including phenoxy) is 5. The van der Waals surface area contributed by atoms with Crippen molar-refractivity contribution in [2.24, 2.45) is 0 Å². The predicted octanol–water partition coefficient (Wildman–Crippen LogP) is 9.42. The standard InChI is InChI=1S/C32H34O5/c1-31(2,3)36-29-19-15-27(16-20-29)34-25-11-7-23(8-12-25)33-24-9-13-26(14-10-24)35-28-17-21-30(22-18-28)37-32(4,5)6/h7-22H,1-6H3. The van der Waals surface area contributed by atoms with E-state index in [-0.39, 0.29) is 11.2 Å². The third-order valence-electron chi connectivity index (χ3n) is 4.85. The fourth-order valence-electron chi connectivity index (χ4n) is 3.42. The topological polar surface area (TPSA) is 46.2 Å². The number of rotatable bonds is 8. The summed E-state index contributed by atoms with van der Waals surface area (Å²) < 4.78 is 29.5. The minimum atomic E-state index is -0.237. The van der Waals surface area contributed by atoms with Crippen LogP contribution in [0.25, 0.3) is 0 Å². The Morgan fingerprint density at radius 2 is 0.459 bits per heavy atom. The lowest BCUT2D eigenvalue weighted by Crippen LogP contribution is -2.22. The van der Waals surface area contributed by atoms with Crippen LogP contribution in [0.1, 0.15) is 41.5 Å².